The zero-order chi connectivity index (χ0) is 7.40. The smallest absolute Gasteiger partial charge is 0.00676 e. The van der Waals surface area contributed by atoms with Gasteiger partial charge in [-0.1, -0.05) is 12.8 Å². The van der Waals surface area contributed by atoms with Crippen LogP contribution in [0.2, 0.25) is 0 Å². The summed E-state index contributed by atoms with van der Waals surface area (Å²) in [7, 11) is 0. The Morgan fingerprint density at radius 2 is 1.90 bits per heavy atom. The lowest BCUT2D eigenvalue weighted by Crippen LogP contribution is -2.34. The maximum absolute atomic E-state index is 5.91. The Labute approximate surface area is 63.0 Å². The fourth-order valence-electron chi connectivity index (χ4n) is 1.81. The summed E-state index contributed by atoms with van der Waals surface area (Å²) in [6.07, 6.45) is 6.32. The van der Waals surface area contributed by atoms with Crippen LogP contribution in [0.1, 0.15) is 32.1 Å². The lowest BCUT2D eigenvalue weighted by Gasteiger charge is -2.27. The average Bonchev–Trinajstić information content (AvgIpc) is 1.94. The fourth-order valence-corrected chi connectivity index (χ4v) is 1.81. The molecule has 0 aromatic carbocycles. The molecule has 1 rings (SSSR count). The van der Waals surface area contributed by atoms with Gasteiger partial charge in [-0.3, -0.25) is 0 Å². The van der Waals surface area contributed by atoms with E-state index in [0.717, 1.165) is 18.9 Å². The molecule has 0 amide bonds. The van der Waals surface area contributed by atoms with Gasteiger partial charge in [-0.15, -0.1) is 0 Å². The summed E-state index contributed by atoms with van der Waals surface area (Å²) in [5, 5.41) is 0. The molecule has 2 heteroatoms. The van der Waals surface area contributed by atoms with Crippen molar-refractivity contribution < 1.29 is 0 Å². The Bertz CT molecular complexity index is 91.3. The van der Waals surface area contributed by atoms with Crippen molar-refractivity contribution in [2.75, 3.05) is 6.54 Å². The predicted molar refractivity (Wildman–Crippen MR) is 43.6 cm³/mol. The van der Waals surface area contributed by atoms with Gasteiger partial charge in [-0.05, 0) is 31.7 Å². The molecule has 0 aromatic rings. The van der Waals surface area contributed by atoms with Gasteiger partial charge in [0.25, 0.3) is 0 Å². The Hall–Kier alpha value is -0.0800. The van der Waals surface area contributed by atoms with Crippen molar-refractivity contribution in [3.8, 4) is 0 Å². The lowest BCUT2D eigenvalue weighted by molar-refractivity contribution is 0.295. The standard InChI is InChI=1S/C8H18N2/c9-6-5-7-3-1-2-4-8(7)10/h7-8H,1-6,9-10H2. The molecule has 0 bridgehead atoms. The SMILES string of the molecule is NCCC1CCCCC1N. The first-order valence-corrected chi connectivity index (χ1v) is 4.30. The molecule has 2 nitrogen and oxygen atoms in total. The second-order valence-corrected chi connectivity index (χ2v) is 3.29. The summed E-state index contributed by atoms with van der Waals surface area (Å²) >= 11 is 0. The van der Waals surface area contributed by atoms with Crippen molar-refractivity contribution >= 4 is 0 Å². The van der Waals surface area contributed by atoms with Crippen LogP contribution in [-0.4, -0.2) is 12.6 Å². The fraction of sp³-hybridized carbons (Fsp3) is 1.00. The molecule has 1 saturated carbocycles. The molecule has 0 radical (unpaired) electrons. The number of hydrogen-bond acceptors (Lipinski definition) is 2. The maximum Gasteiger partial charge on any atom is 0.00676 e. The molecule has 60 valence electrons. The van der Waals surface area contributed by atoms with E-state index in [-0.39, 0.29) is 0 Å². The van der Waals surface area contributed by atoms with Gasteiger partial charge in [0.1, 0.15) is 0 Å². The third-order valence-corrected chi connectivity index (χ3v) is 2.51. The molecule has 1 aliphatic rings. The van der Waals surface area contributed by atoms with Crippen LogP contribution in [0.25, 0.3) is 0 Å². The third kappa shape index (κ3) is 1.96. The molecular formula is C8H18N2. The highest BCUT2D eigenvalue weighted by atomic mass is 14.7. The van der Waals surface area contributed by atoms with Crippen molar-refractivity contribution in [1.82, 2.24) is 0 Å². The van der Waals surface area contributed by atoms with Gasteiger partial charge in [0.2, 0.25) is 0 Å². The second kappa shape index (κ2) is 3.94. The molecule has 10 heavy (non-hydrogen) atoms. The van der Waals surface area contributed by atoms with E-state index in [4.69, 9.17) is 11.5 Å². The Kier molecular flexibility index (Phi) is 3.16. The van der Waals surface area contributed by atoms with E-state index in [1.54, 1.807) is 0 Å². The molecule has 2 atom stereocenters. The molecule has 4 N–H and O–H groups in total. The first-order valence-electron chi connectivity index (χ1n) is 4.30. The minimum atomic E-state index is 0.442. The highest BCUT2D eigenvalue weighted by molar-refractivity contribution is 4.77. The molecule has 0 aliphatic heterocycles. The summed E-state index contributed by atoms with van der Waals surface area (Å²) in [4.78, 5) is 0. The largest absolute Gasteiger partial charge is 0.330 e. The molecule has 0 saturated heterocycles. The summed E-state index contributed by atoms with van der Waals surface area (Å²) in [5.41, 5.74) is 11.4. The Balaban J connectivity index is 2.25. The van der Waals surface area contributed by atoms with E-state index < -0.39 is 0 Å². The summed E-state index contributed by atoms with van der Waals surface area (Å²) < 4.78 is 0. The molecule has 0 spiro atoms. The Morgan fingerprint density at radius 1 is 1.20 bits per heavy atom. The van der Waals surface area contributed by atoms with Gasteiger partial charge in [-0.25, -0.2) is 0 Å². The van der Waals surface area contributed by atoms with Crippen LogP contribution in [0.15, 0.2) is 0 Å². The van der Waals surface area contributed by atoms with Gasteiger partial charge in [-0.2, -0.15) is 0 Å². The minimum absolute atomic E-state index is 0.442. The molecule has 2 unspecified atom stereocenters. The first-order chi connectivity index (χ1) is 4.84. The lowest BCUT2D eigenvalue weighted by atomic mass is 9.83. The zero-order valence-electron chi connectivity index (χ0n) is 6.55. The van der Waals surface area contributed by atoms with E-state index in [0.29, 0.717) is 6.04 Å². The molecule has 1 aliphatic carbocycles. The van der Waals surface area contributed by atoms with E-state index in [9.17, 15) is 0 Å². The second-order valence-electron chi connectivity index (χ2n) is 3.29. The van der Waals surface area contributed by atoms with Crippen LogP contribution in [0.5, 0.6) is 0 Å². The van der Waals surface area contributed by atoms with Gasteiger partial charge in [0.05, 0.1) is 0 Å². The van der Waals surface area contributed by atoms with Crippen LogP contribution in [0.3, 0.4) is 0 Å². The highest BCUT2D eigenvalue weighted by Gasteiger charge is 2.20. The van der Waals surface area contributed by atoms with Crippen LogP contribution < -0.4 is 11.5 Å². The van der Waals surface area contributed by atoms with Crippen molar-refractivity contribution in [3.05, 3.63) is 0 Å². The van der Waals surface area contributed by atoms with E-state index in [1.807, 2.05) is 0 Å². The number of rotatable bonds is 2. The number of hydrogen-bond donors (Lipinski definition) is 2. The number of nitrogens with two attached hydrogens (primary N) is 2. The van der Waals surface area contributed by atoms with Gasteiger partial charge in [0, 0.05) is 6.04 Å². The van der Waals surface area contributed by atoms with Crippen LogP contribution in [0, 0.1) is 5.92 Å². The van der Waals surface area contributed by atoms with Gasteiger partial charge in [0.15, 0.2) is 0 Å². The molecule has 1 fully saturated rings. The minimum Gasteiger partial charge on any atom is -0.330 e. The maximum atomic E-state index is 5.91. The van der Waals surface area contributed by atoms with Crippen molar-refractivity contribution in [2.45, 2.75) is 38.1 Å². The summed E-state index contributed by atoms with van der Waals surface area (Å²) in [6.45, 7) is 0.804. The van der Waals surface area contributed by atoms with E-state index in [1.165, 1.54) is 25.7 Å². The highest BCUT2D eigenvalue weighted by Crippen LogP contribution is 2.24. The van der Waals surface area contributed by atoms with Crippen molar-refractivity contribution in [3.63, 3.8) is 0 Å². The van der Waals surface area contributed by atoms with Crippen molar-refractivity contribution in [2.24, 2.45) is 17.4 Å². The Morgan fingerprint density at radius 3 is 2.50 bits per heavy atom. The van der Waals surface area contributed by atoms with Crippen molar-refractivity contribution in [1.29, 1.82) is 0 Å². The van der Waals surface area contributed by atoms with Gasteiger partial charge < -0.3 is 11.5 Å². The quantitative estimate of drug-likeness (QED) is 0.600. The molecule has 0 aromatic heterocycles. The molecule has 0 heterocycles. The summed E-state index contributed by atoms with van der Waals surface area (Å²) in [5.74, 6) is 0.721. The van der Waals surface area contributed by atoms with E-state index >= 15 is 0 Å². The monoisotopic (exact) mass is 142 g/mol. The van der Waals surface area contributed by atoms with Gasteiger partial charge >= 0.3 is 0 Å². The zero-order valence-corrected chi connectivity index (χ0v) is 6.55. The first kappa shape index (κ1) is 8.02. The van der Waals surface area contributed by atoms with Crippen LogP contribution in [0.4, 0.5) is 0 Å². The topological polar surface area (TPSA) is 52.0 Å². The van der Waals surface area contributed by atoms with E-state index in [2.05, 4.69) is 0 Å². The average molecular weight is 142 g/mol. The summed E-state index contributed by atoms with van der Waals surface area (Å²) in [6, 6.07) is 0.442. The predicted octanol–water partition coefficient (Wildman–Crippen LogP) is 0.853. The van der Waals surface area contributed by atoms with Crippen LogP contribution in [-0.2, 0) is 0 Å². The molecular weight excluding hydrogens is 124 g/mol. The normalized spacial score (nSPS) is 34.2. The third-order valence-electron chi connectivity index (χ3n) is 2.51. The van der Waals surface area contributed by atoms with Crippen LogP contribution >= 0.6 is 0 Å².